The van der Waals surface area contributed by atoms with Crippen LogP contribution in [-0.2, 0) is 19.5 Å². The molecule has 2 N–H and O–H groups in total. The molecule has 0 aromatic carbocycles. The molecule has 0 aliphatic carbocycles. The van der Waals surface area contributed by atoms with E-state index < -0.39 is 15.4 Å². The van der Waals surface area contributed by atoms with E-state index >= 15 is 0 Å². The maximum absolute atomic E-state index is 11.0. The van der Waals surface area contributed by atoms with E-state index in [1.807, 2.05) is 13.8 Å². The van der Waals surface area contributed by atoms with Gasteiger partial charge in [-0.2, -0.15) is 0 Å². The molecule has 0 bridgehead atoms. The van der Waals surface area contributed by atoms with E-state index in [9.17, 15) is 8.42 Å². The summed E-state index contributed by atoms with van der Waals surface area (Å²) in [6.07, 6.45) is 1.95. The van der Waals surface area contributed by atoms with Crippen LogP contribution in [0, 0.1) is 5.41 Å². The Kier molecular flexibility index (Phi) is 4.73. The van der Waals surface area contributed by atoms with Crippen LogP contribution in [0.1, 0.15) is 26.7 Å². The molecule has 96 valence electrons. The first-order chi connectivity index (χ1) is 7.29. The molecule has 16 heavy (non-hydrogen) atoms. The molecular formula is C10H21NO4S. The van der Waals surface area contributed by atoms with Crippen molar-refractivity contribution in [2.45, 2.75) is 32.8 Å². The lowest BCUT2D eigenvalue weighted by Crippen LogP contribution is -2.35. The predicted molar refractivity (Wildman–Crippen MR) is 61.5 cm³/mol. The van der Waals surface area contributed by atoms with Crippen LogP contribution in [0.25, 0.3) is 0 Å². The van der Waals surface area contributed by atoms with Gasteiger partial charge in [0, 0.05) is 18.6 Å². The van der Waals surface area contributed by atoms with Crippen molar-refractivity contribution in [2.75, 3.05) is 25.6 Å². The fourth-order valence-corrected chi connectivity index (χ4v) is 2.94. The lowest BCUT2D eigenvalue weighted by molar-refractivity contribution is -0.0523. The van der Waals surface area contributed by atoms with Crippen molar-refractivity contribution in [3.05, 3.63) is 0 Å². The molecule has 0 aromatic heterocycles. The molecule has 1 saturated heterocycles. The zero-order valence-electron chi connectivity index (χ0n) is 9.94. The largest absolute Gasteiger partial charge is 0.381 e. The highest BCUT2D eigenvalue weighted by atomic mass is 32.2. The number of sulfonamides is 1. The molecule has 0 radical (unpaired) electrons. The van der Waals surface area contributed by atoms with Crippen LogP contribution >= 0.6 is 0 Å². The van der Waals surface area contributed by atoms with Gasteiger partial charge in [0.15, 0.2) is 0 Å². The summed E-state index contributed by atoms with van der Waals surface area (Å²) in [5.74, 6) is -0.0524. The summed E-state index contributed by atoms with van der Waals surface area (Å²) in [5.41, 5.74) is -0.439. The van der Waals surface area contributed by atoms with E-state index in [-0.39, 0.29) is 11.9 Å². The van der Waals surface area contributed by atoms with Gasteiger partial charge in [0.25, 0.3) is 0 Å². The number of hydrogen-bond donors (Lipinski definition) is 1. The summed E-state index contributed by atoms with van der Waals surface area (Å²) in [5, 5.41) is 5.03. The minimum absolute atomic E-state index is 0.0524. The first kappa shape index (κ1) is 13.9. The number of primary sulfonamides is 1. The molecule has 6 heteroatoms. The normalized spacial score (nSPS) is 19.9. The second-order valence-electron chi connectivity index (χ2n) is 5.09. The van der Waals surface area contributed by atoms with Crippen LogP contribution in [0.3, 0.4) is 0 Å². The quantitative estimate of drug-likeness (QED) is 0.771. The molecular weight excluding hydrogens is 230 g/mol. The fraction of sp³-hybridized carbons (Fsp3) is 1.00. The van der Waals surface area contributed by atoms with Crippen molar-refractivity contribution in [1.82, 2.24) is 0 Å². The number of ether oxygens (including phenoxy) is 2. The molecule has 1 heterocycles. The minimum atomic E-state index is -3.44. The highest BCUT2D eigenvalue weighted by Gasteiger charge is 2.26. The Bertz CT molecular complexity index is 307. The van der Waals surface area contributed by atoms with Gasteiger partial charge in [0.05, 0.1) is 18.5 Å². The second-order valence-corrected chi connectivity index (χ2v) is 6.71. The zero-order valence-corrected chi connectivity index (χ0v) is 10.8. The van der Waals surface area contributed by atoms with Crippen LogP contribution in [0.2, 0.25) is 0 Å². The van der Waals surface area contributed by atoms with E-state index in [4.69, 9.17) is 14.6 Å². The van der Waals surface area contributed by atoms with Gasteiger partial charge in [-0.1, -0.05) is 13.8 Å². The molecule has 5 nitrogen and oxygen atoms in total. The van der Waals surface area contributed by atoms with Gasteiger partial charge >= 0.3 is 0 Å². The minimum Gasteiger partial charge on any atom is -0.381 e. The molecule has 0 unspecified atom stereocenters. The van der Waals surface area contributed by atoms with Gasteiger partial charge in [-0.05, 0) is 12.8 Å². The highest BCUT2D eigenvalue weighted by molar-refractivity contribution is 7.89. The Morgan fingerprint density at radius 1 is 1.38 bits per heavy atom. The van der Waals surface area contributed by atoms with Crippen molar-refractivity contribution in [3.8, 4) is 0 Å². The van der Waals surface area contributed by atoms with E-state index in [0.29, 0.717) is 6.61 Å². The van der Waals surface area contributed by atoms with Gasteiger partial charge in [-0.3, -0.25) is 0 Å². The van der Waals surface area contributed by atoms with Crippen LogP contribution in [0.15, 0.2) is 0 Å². The van der Waals surface area contributed by atoms with E-state index in [1.54, 1.807) is 0 Å². The summed E-state index contributed by atoms with van der Waals surface area (Å²) in [6.45, 7) is 5.54. The molecule has 1 aliphatic heterocycles. The maximum atomic E-state index is 11.0. The zero-order chi connectivity index (χ0) is 12.2. The third-order valence-electron chi connectivity index (χ3n) is 2.47. The van der Waals surface area contributed by atoms with Crippen LogP contribution in [0.5, 0.6) is 0 Å². The van der Waals surface area contributed by atoms with Gasteiger partial charge in [0.1, 0.15) is 0 Å². The lowest BCUT2D eigenvalue weighted by Gasteiger charge is -2.28. The smallest absolute Gasteiger partial charge is 0.209 e. The monoisotopic (exact) mass is 251 g/mol. The van der Waals surface area contributed by atoms with Crippen molar-refractivity contribution in [1.29, 1.82) is 0 Å². The fourth-order valence-electron chi connectivity index (χ4n) is 1.77. The van der Waals surface area contributed by atoms with Gasteiger partial charge in [0.2, 0.25) is 10.0 Å². The van der Waals surface area contributed by atoms with Crippen molar-refractivity contribution >= 4 is 10.0 Å². The van der Waals surface area contributed by atoms with E-state index in [0.717, 1.165) is 26.1 Å². The lowest BCUT2D eigenvalue weighted by atomic mass is 9.98. The third-order valence-corrected chi connectivity index (χ3v) is 3.65. The molecule has 0 atom stereocenters. The van der Waals surface area contributed by atoms with Crippen LogP contribution < -0.4 is 5.14 Å². The van der Waals surface area contributed by atoms with Gasteiger partial charge in [-0.15, -0.1) is 0 Å². The van der Waals surface area contributed by atoms with Crippen molar-refractivity contribution in [2.24, 2.45) is 10.6 Å². The Morgan fingerprint density at radius 2 is 1.94 bits per heavy atom. The maximum Gasteiger partial charge on any atom is 0.209 e. The number of nitrogens with two attached hydrogens (primary N) is 1. The molecule has 0 spiro atoms. The average Bonchev–Trinajstić information content (AvgIpc) is 2.13. The summed E-state index contributed by atoms with van der Waals surface area (Å²) in [4.78, 5) is 0. The molecule has 0 amide bonds. The number of rotatable bonds is 5. The first-order valence-corrected chi connectivity index (χ1v) is 7.20. The van der Waals surface area contributed by atoms with Gasteiger partial charge < -0.3 is 9.47 Å². The number of hydrogen-bond acceptors (Lipinski definition) is 4. The molecule has 0 saturated carbocycles. The van der Waals surface area contributed by atoms with Crippen molar-refractivity contribution in [3.63, 3.8) is 0 Å². The van der Waals surface area contributed by atoms with E-state index in [2.05, 4.69) is 0 Å². The molecule has 1 fully saturated rings. The summed E-state index contributed by atoms with van der Waals surface area (Å²) in [6, 6.07) is 0. The second kappa shape index (κ2) is 5.44. The Morgan fingerprint density at radius 3 is 2.44 bits per heavy atom. The Balaban J connectivity index is 2.34. The standard InChI is InChI=1S/C10H21NO4S/c1-10(2,8-16(11,12)13)7-15-9-3-5-14-6-4-9/h9H,3-8H2,1-2H3,(H2,11,12,13). The van der Waals surface area contributed by atoms with Gasteiger partial charge in [-0.25, -0.2) is 13.6 Å². The molecule has 1 aliphatic rings. The summed E-state index contributed by atoms with van der Waals surface area (Å²) < 4.78 is 32.9. The van der Waals surface area contributed by atoms with E-state index in [1.165, 1.54) is 0 Å². The van der Waals surface area contributed by atoms with Crippen molar-refractivity contribution < 1.29 is 17.9 Å². The first-order valence-electron chi connectivity index (χ1n) is 5.48. The summed E-state index contributed by atoms with van der Waals surface area (Å²) in [7, 11) is -3.44. The highest BCUT2D eigenvalue weighted by Crippen LogP contribution is 2.20. The molecule has 0 aromatic rings. The molecule has 1 rings (SSSR count). The Labute approximate surface area is 97.3 Å². The van der Waals surface area contributed by atoms with Crippen LogP contribution in [0.4, 0.5) is 0 Å². The predicted octanol–water partition coefficient (Wildman–Crippen LogP) is 0.497. The SMILES string of the molecule is CC(C)(COC1CCOCC1)CS(N)(=O)=O. The van der Waals surface area contributed by atoms with Crippen LogP contribution in [-0.4, -0.2) is 40.1 Å². The Hall–Kier alpha value is -0.170. The summed E-state index contributed by atoms with van der Waals surface area (Å²) >= 11 is 0. The third kappa shape index (κ3) is 5.79. The average molecular weight is 251 g/mol. The topological polar surface area (TPSA) is 78.6 Å².